The van der Waals surface area contributed by atoms with Gasteiger partial charge >= 0.3 is 0 Å². The molecular formula is C15H25N3. The Labute approximate surface area is 111 Å². The average molecular weight is 247 g/mol. The molecule has 0 amide bonds. The molecular weight excluding hydrogens is 222 g/mol. The molecule has 0 spiro atoms. The zero-order chi connectivity index (χ0) is 13.0. The number of nitrogens with one attached hydrogen (secondary N) is 1. The number of nitrogens with zero attached hydrogens (tertiary/aromatic N) is 2. The third-order valence-corrected chi connectivity index (χ3v) is 3.61. The van der Waals surface area contributed by atoms with Crippen molar-refractivity contribution in [2.75, 3.05) is 6.54 Å². The Hall–Kier alpha value is -0.930. The number of aromatic nitrogens is 1. The molecule has 1 saturated heterocycles. The second-order valence-corrected chi connectivity index (χ2v) is 5.62. The summed E-state index contributed by atoms with van der Waals surface area (Å²) in [4.78, 5) is 7.27. The van der Waals surface area contributed by atoms with Gasteiger partial charge in [0.1, 0.15) is 0 Å². The van der Waals surface area contributed by atoms with Crippen LogP contribution in [-0.4, -0.2) is 28.5 Å². The minimum atomic E-state index is 0.508. The average Bonchev–Trinajstić information content (AvgIpc) is 2.73. The van der Waals surface area contributed by atoms with E-state index in [1.807, 2.05) is 0 Å². The van der Waals surface area contributed by atoms with Crippen LogP contribution in [0.1, 0.15) is 45.0 Å². The van der Waals surface area contributed by atoms with Gasteiger partial charge < -0.3 is 5.32 Å². The molecule has 3 nitrogen and oxygen atoms in total. The van der Waals surface area contributed by atoms with Crippen LogP contribution in [0.3, 0.4) is 0 Å². The van der Waals surface area contributed by atoms with Crippen molar-refractivity contribution >= 4 is 0 Å². The topological polar surface area (TPSA) is 28.2 Å². The van der Waals surface area contributed by atoms with Crippen LogP contribution < -0.4 is 5.32 Å². The summed E-state index contributed by atoms with van der Waals surface area (Å²) < 4.78 is 0. The van der Waals surface area contributed by atoms with E-state index in [2.05, 4.69) is 49.2 Å². The standard InChI is InChI=1S/C15H25N3/c1-12(2)16-10-14-7-4-8-15(17-14)11-18-9-5-6-13(18)3/h4,7-8,12-13,16H,5-6,9-11H2,1-3H3. The Morgan fingerprint density at radius 1 is 1.39 bits per heavy atom. The molecule has 1 atom stereocenters. The lowest BCUT2D eigenvalue weighted by Crippen LogP contribution is -2.27. The van der Waals surface area contributed by atoms with E-state index in [1.165, 1.54) is 25.1 Å². The zero-order valence-corrected chi connectivity index (χ0v) is 11.8. The number of likely N-dealkylation sites (tertiary alicyclic amines) is 1. The first-order chi connectivity index (χ1) is 8.65. The van der Waals surface area contributed by atoms with Crippen molar-refractivity contribution < 1.29 is 0 Å². The van der Waals surface area contributed by atoms with Gasteiger partial charge in [-0.2, -0.15) is 0 Å². The first-order valence-electron chi connectivity index (χ1n) is 7.07. The van der Waals surface area contributed by atoms with Crippen LogP contribution in [0.15, 0.2) is 18.2 Å². The molecule has 0 saturated carbocycles. The molecule has 1 unspecified atom stereocenters. The van der Waals surface area contributed by atoms with E-state index in [0.29, 0.717) is 12.1 Å². The normalized spacial score (nSPS) is 20.8. The molecule has 2 rings (SSSR count). The van der Waals surface area contributed by atoms with E-state index in [1.54, 1.807) is 0 Å². The first kappa shape index (κ1) is 13.5. The van der Waals surface area contributed by atoms with Crippen molar-refractivity contribution in [3.05, 3.63) is 29.6 Å². The SMILES string of the molecule is CC(C)NCc1cccc(CN2CCCC2C)n1. The van der Waals surface area contributed by atoms with Crippen LogP contribution in [-0.2, 0) is 13.1 Å². The van der Waals surface area contributed by atoms with Gasteiger partial charge in [-0.3, -0.25) is 9.88 Å². The molecule has 0 radical (unpaired) electrons. The summed E-state index contributed by atoms with van der Waals surface area (Å²) in [5.41, 5.74) is 2.35. The molecule has 1 N–H and O–H groups in total. The Kier molecular flexibility index (Phi) is 4.72. The monoisotopic (exact) mass is 247 g/mol. The predicted molar refractivity (Wildman–Crippen MR) is 75.3 cm³/mol. The smallest absolute Gasteiger partial charge is 0.0547 e. The molecule has 0 aliphatic carbocycles. The Bertz CT molecular complexity index is 376. The third kappa shape index (κ3) is 3.79. The molecule has 1 fully saturated rings. The first-order valence-corrected chi connectivity index (χ1v) is 7.07. The van der Waals surface area contributed by atoms with Crippen LogP contribution in [0.2, 0.25) is 0 Å². The summed E-state index contributed by atoms with van der Waals surface area (Å²) >= 11 is 0. The van der Waals surface area contributed by atoms with Gasteiger partial charge in [0.2, 0.25) is 0 Å². The highest BCUT2D eigenvalue weighted by Crippen LogP contribution is 2.18. The molecule has 1 aliphatic heterocycles. The van der Waals surface area contributed by atoms with E-state index < -0.39 is 0 Å². The van der Waals surface area contributed by atoms with Gasteiger partial charge in [0.05, 0.1) is 11.4 Å². The lowest BCUT2D eigenvalue weighted by molar-refractivity contribution is 0.257. The summed E-state index contributed by atoms with van der Waals surface area (Å²) in [6, 6.07) is 7.59. The van der Waals surface area contributed by atoms with Crippen molar-refractivity contribution in [1.82, 2.24) is 15.2 Å². The van der Waals surface area contributed by atoms with Gasteiger partial charge in [-0.15, -0.1) is 0 Å². The number of rotatable bonds is 5. The highest BCUT2D eigenvalue weighted by atomic mass is 15.2. The van der Waals surface area contributed by atoms with Gasteiger partial charge in [-0.05, 0) is 38.4 Å². The molecule has 0 aromatic carbocycles. The fourth-order valence-electron chi connectivity index (χ4n) is 2.46. The summed E-state index contributed by atoms with van der Waals surface area (Å²) in [7, 11) is 0. The third-order valence-electron chi connectivity index (χ3n) is 3.61. The van der Waals surface area contributed by atoms with E-state index in [9.17, 15) is 0 Å². The van der Waals surface area contributed by atoms with Gasteiger partial charge in [-0.25, -0.2) is 0 Å². The second kappa shape index (κ2) is 6.30. The predicted octanol–water partition coefficient (Wildman–Crippen LogP) is 2.56. The maximum Gasteiger partial charge on any atom is 0.0547 e. The number of hydrogen-bond donors (Lipinski definition) is 1. The van der Waals surface area contributed by atoms with E-state index in [4.69, 9.17) is 4.98 Å². The Morgan fingerprint density at radius 3 is 2.83 bits per heavy atom. The number of hydrogen-bond acceptors (Lipinski definition) is 3. The van der Waals surface area contributed by atoms with E-state index in [0.717, 1.165) is 18.8 Å². The molecule has 100 valence electrons. The van der Waals surface area contributed by atoms with Crippen LogP contribution in [0.5, 0.6) is 0 Å². The van der Waals surface area contributed by atoms with Gasteiger partial charge in [0.15, 0.2) is 0 Å². The van der Waals surface area contributed by atoms with Crippen LogP contribution >= 0.6 is 0 Å². The fourth-order valence-corrected chi connectivity index (χ4v) is 2.46. The van der Waals surface area contributed by atoms with E-state index in [-0.39, 0.29) is 0 Å². The van der Waals surface area contributed by atoms with Crippen molar-refractivity contribution in [3.8, 4) is 0 Å². The summed E-state index contributed by atoms with van der Waals surface area (Å²) in [5.74, 6) is 0. The van der Waals surface area contributed by atoms with Crippen LogP contribution in [0, 0.1) is 0 Å². The van der Waals surface area contributed by atoms with Crippen molar-refractivity contribution in [1.29, 1.82) is 0 Å². The highest BCUT2D eigenvalue weighted by Gasteiger charge is 2.20. The van der Waals surface area contributed by atoms with Crippen LogP contribution in [0.4, 0.5) is 0 Å². The molecule has 2 heterocycles. The zero-order valence-electron chi connectivity index (χ0n) is 11.8. The Balaban J connectivity index is 1.94. The lowest BCUT2D eigenvalue weighted by atomic mass is 10.2. The summed E-state index contributed by atoms with van der Waals surface area (Å²) in [5, 5.41) is 3.42. The maximum atomic E-state index is 4.74. The number of pyridine rings is 1. The largest absolute Gasteiger partial charge is 0.309 e. The molecule has 0 bridgehead atoms. The lowest BCUT2D eigenvalue weighted by Gasteiger charge is -2.20. The van der Waals surface area contributed by atoms with Crippen LogP contribution in [0.25, 0.3) is 0 Å². The molecule has 18 heavy (non-hydrogen) atoms. The van der Waals surface area contributed by atoms with Crippen molar-refractivity contribution in [2.24, 2.45) is 0 Å². The van der Waals surface area contributed by atoms with Gasteiger partial charge in [0, 0.05) is 25.2 Å². The fraction of sp³-hybridized carbons (Fsp3) is 0.667. The minimum absolute atomic E-state index is 0.508. The van der Waals surface area contributed by atoms with Gasteiger partial charge in [0.25, 0.3) is 0 Å². The molecule has 3 heteroatoms. The minimum Gasteiger partial charge on any atom is -0.309 e. The molecule has 1 aliphatic rings. The summed E-state index contributed by atoms with van der Waals surface area (Å²) in [6.07, 6.45) is 2.66. The highest BCUT2D eigenvalue weighted by molar-refractivity contribution is 5.11. The molecule has 1 aromatic rings. The summed E-state index contributed by atoms with van der Waals surface area (Å²) in [6.45, 7) is 9.72. The van der Waals surface area contributed by atoms with Crippen molar-refractivity contribution in [2.45, 2.75) is 58.8 Å². The Morgan fingerprint density at radius 2 is 2.17 bits per heavy atom. The van der Waals surface area contributed by atoms with Crippen molar-refractivity contribution in [3.63, 3.8) is 0 Å². The second-order valence-electron chi connectivity index (χ2n) is 5.62. The van der Waals surface area contributed by atoms with E-state index >= 15 is 0 Å². The quantitative estimate of drug-likeness (QED) is 0.867. The van der Waals surface area contributed by atoms with Gasteiger partial charge in [-0.1, -0.05) is 19.9 Å². The maximum absolute atomic E-state index is 4.74. The molecule has 1 aromatic heterocycles.